The lowest BCUT2D eigenvalue weighted by atomic mass is 9.80. The molecule has 0 heterocycles. The van der Waals surface area contributed by atoms with Crippen molar-refractivity contribution in [3.8, 4) is 0 Å². The van der Waals surface area contributed by atoms with E-state index in [-0.39, 0.29) is 0 Å². The first kappa shape index (κ1) is 11.3. The van der Waals surface area contributed by atoms with Crippen LogP contribution in [0.5, 0.6) is 0 Å². The third-order valence-corrected chi connectivity index (χ3v) is 1.60. The molecular formula is C9H11BN2O3. The Bertz CT molecular complexity index is 342. The second-order valence-electron chi connectivity index (χ2n) is 2.71. The fourth-order valence-corrected chi connectivity index (χ4v) is 0.921. The van der Waals surface area contributed by atoms with Crippen molar-refractivity contribution >= 4 is 18.5 Å². The van der Waals surface area contributed by atoms with Crippen LogP contribution < -0.4 is 16.7 Å². The standard InChI is InChI=1S/C9H11BN2O3/c11-7-6-9(13)12-15-10(14)8-4-2-1-3-5-8/h1-7,14H,11H2,(H,12,13). The molecule has 0 bridgehead atoms. The number of carbonyl (C=O) groups is 1. The molecule has 15 heavy (non-hydrogen) atoms. The molecule has 78 valence electrons. The van der Waals surface area contributed by atoms with Crippen LogP contribution in [0.25, 0.3) is 0 Å². The largest absolute Gasteiger partial charge is 0.514 e. The highest BCUT2D eigenvalue weighted by Crippen LogP contribution is 1.86. The van der Waals surface area contributed by atoms with Gasteiger partial charge in [-0.2, -0.15) is 0 Å². The van der Waals surface area contributed by atoms with Crippen molar-refractivity contribution in [2.24, 2.45) is 5.73 Å². The van der Waals surface area contributed by atoms with Gasteiger partial charge in [0.15, 0.2) is 0 Å². The van der Waals surface area contributed by atoms with Gasteiger partial charge in [0, 0.05) is 6.08 Å². The van der Waals surface area contributed by atoms with Crippen LogP contribution in [0.1, 0.15) is 0 Å². The first-order valence-corrected chi connectivity index (χ1v) is 4.31. The first-order valence-electron chi connectivity index (χ1n) is 4.31. The quantitative estimate of drug-likeness (QED) is 0.331. The Morgan fingerprint density at radius 2 is 2.13 bits per heavy atom. The molecule has 1 aromatic rings. The van der Waals surface area contributed by atoms with E-state index in [1.807, 2.05) is 11.5 Å². The van der Waals surface area contributed by atoms with Crippen molar-refractivity contribution in [1.82, 2.24) is 5.48 Å². The lowest BCUT2D eigenvalue weighted by Gasteiger charge is -2.06. The Labute approximate surface area is 87.6 Å². The van der Waals surface area contributed by atoms with Gasteiger partial charge in [-0.15, -0.1) is 0 Å². The molecule has 0 aliphatic carbocycles. The van der Waals surface area contributed by atoms with E-state index < -0.39 is 13.0 Å². The molecule has 0 radical (unpaired) electrons. The van der Waals surface area contributed by atoms with Gasteiger partial charge >= 0.3 is 7.12 Å². The number of nitrogens with two attached hydrogens (primary N) is 1. The van der Waals surface area contributed by atoms with Crippen LogP contribution in [0.4, 0.5) is 0 Å². The number of benzene rings is 1. The maximum Gasteiger partial charge on any atom is 0.514 e. The summed E-state index contributed by atoms with van der Waals surface area (Å²) in [5, 5.41) is 9.45. The predicted octanol–water partition coefficient (Wildman–Crippen LogP) is -1.11. The minimum Gasteiger partial charge on any atom is -0.422 e. The van der Waals surface area contributed by atoms with Crippen LogP contribution in [-0.4, -0.2) is 18.0 Å². The minimum atomic E-state index is -1.19. The fourth-order valence-electron chi connectivity index (χ4n) is 0.921. The highest BCUT2D eigenvalue weighted by atomic mass is 16.7. The molecule has 6 heteroatoms. The molecule has 1 aromatic carbocycles. The van der Waals surface area contributed by atoms with E-state index in [4.69, 9.17) is 10.5 Å². The average Bonchev–Trinajstić information content (AvgIpc) is 2.27. The molecule has 0 aliphatic heterocycles. The van der Waals surface area contributed by atoms with Gasteiger partial charge in [0.2, 0.25) is 0 Å². The number of rotatable bonds is 4. The smallest absolute Gasteiger partial charge is 0.422 e. The molecule has 4 N–H and O–H groups in total. The van der Waals surface area contributed by atoms with E-state index in [0.717, 1.165) is 12.3 Å². The fraction of sp³-hybridized carbons (Fsp3) is 0. The lowest BCUT2D eigenvalue weighted by Crippen LogP contribution is -2.40. The third kappa shape index (κ3) is 3.84. The molecule has 0 saturated heterocycles. The van der Waals surface area contributed by atoms with E-state index in [0.29, 0.717) is 5.46 Å². The molecule has 1 rings (SSSR count). The average molecular weight is 206 g/mol. The van der Waals surface area contributed by atoms with E-state index in [2.05, 4.69) is 0 Å². The molecule has 0 atom stereocenters. The molecule has 0 spiro atoms. The second-order valence-corrected chi connectivity index (χ2v) is 2.71. The summed E-state index contributed by atoms with van der Waals surface area (Å²) in [6.45, 7) is 0. The Balaban J connectivity index is 2.43. The Kier molecular flexibility index (Phi) is 4.40. The summed E-state index contributed by atoms with van der Waals surface area (Å²) < 4.78 is 4.69. The van der Waals surface area contributed by atoms with Crippen molar-refractivity contribution < 1.29 is 14.6 Å². The summed E-state index contributed by atoms with van der Waals surface area (Å²) in [4.78, 5) is 10.9. The van der Waals surface area contributed by atoms with E-state index in [9.17, 15) is 9.82 Å². The maximum atomic E-state index is 10.9. The minimum absolute atomic E-state index is 0.535. The van der Waals surface area contributed by atoms with Gasteiger partial charge in [-0.25, -0.2) is 5.48 Å². The van der Waals surface area contributed by atoms with Crippen molar-refractivity contribution in [2.75, 3.05) is 0 Å². The zero-order valence-corrected chi connectivity index (χ0v) is 7.96. The summed E-state index contributed by atoms with van der Waals surface area (Å²) >= 11 is 0. The number of hydrogen-bond donors (Lipinski definition) is 3. The zero-order valence-electron chi connectivity index (χ0n) is 7.96. The number of nitrogens with one attached hydrogen (secondary N) is 1. The molecule has 0 fully saturated rings. The van der Waals surface area contributed by atoms with E-state index >= 15 is 0 Å². The zero-order chi connectivity index (χ0) is 11.1. The van der Waals surface area contributed by atoms with Crippen LogP contribution in [0, 0.1) is 0 Å². The maximum absolute atomic E-state index is 10.9. The summed E-state index contributed by atoms with van der Waals surface area (Å²) in [5.41, 5.74) is 7.56. The SMILES string of the molecule is NC=CC(=O)NOB(O)c1ccccc1. The molecule has 1 amide bonds. The lowest BCUT2D eigenvalue weighted by molar-refractivity contribution is -0.123. The van der Waals surface area contributed by atoms with Crippen LogP contribution in [0.15, 0.2) is 42.6 Å². The number of hydroxylamine groups is 1. The van der Waals surface area contributed by atoms with Crippen LogP contribution in [0.3, 0.4) is 0 Å². The normalized spacial score (nSPS) is 10.2. The summed E-state index contributed by atoms with van der Waals surface area (Å²) in [6.07, 6.45) is 2.16. The molecule has 0 aromatic heterocycles. The first-order chi connectivity index (χ1) is 7.24. The van der Waals surface area contributed by atoms with Gasteiger partial charge in [0.1, 0.15) is 0 Å². The van der Waals surface area contributed by atoms with Gasteiger partial charge in [0.05, 0.1) is 0 Å². The number of carbonyl (C=O) groups excluding carboxylic acids is 1. The van der Waals surface area contributed by atoms with Gasteiger partial charge < -0.3 is 10.8 Å². The van der Waals surface area contributed by atoms with E-state index in [1.165, 1.54) is 0 Å². The predicted molar refractivity (Wildman–Crippen MR) is 56.6 cm³/mol. The van der Waals surface area contributed by atoms with Gasteiger partial charge in [-0.3, -0.25) is 9.55 Å². The highest BCUT2D eigenvalue weighted by Gasteiger charge is 2.16. The van der Waals surface area contributed by atoms with Crippen LogP contribution in [0.2, 0.25) is 0 Å². The monoisotopic (exact) mass is 206 g/mol. The van der Waals surface area contributed by atoms with Crippen LogP contribution >= 0.6 is 0 Å². The van der Waals surface area contributed by atoms with Crippen molar-refractivity contribution in [2.45, 2.75) is 0 Å². The second kappa shape index (κ2) is 5.84. The van der Waals surface area contributed by atoms with Gasteiger partial charge in [-0.05, 0) is 11.7 Å². The topological polar surface area (TPSA) is 84.6 Å². The van der Waals surface area contributed by atoms with Crippen molar-refractivity contribution in [3.63, 3.8) is 0 Å². The van der Waals surface area contributed by atoms with Gasteiger partial charge in [0.25, 0.3) is 5.91 Å². The summed E-state index contributed by atoms with van der Waals surface area (Å²) in [6, 6.07) is 8.67. The third-order valence-electron chi connectivity index (χ3n) is 1.60. The van der Waals surface area contributed by atoms with Crippen molar-refractivity contribution in [1.29, 1.82) is 0 Å². The Morgan fingerprint density at radius 1 is 1.47 bits per heavy atom. The molecular weight excluding hydrogens is 195 g/mol. The van der Waals surface area contributed by atoms with Crippen LogP contribution in [-0.2, 0) is 9.55 Å². The number of amides is 1. The van der Waals surface area contributed by atoms with Gasteiger partial charge in [-0.1, -0.05) is 30.3 Å². The Morgan fingerprint density at radius 3 is 2.73 bits per heavy atom. The van der Waals surface area contributed by atoms with Crippen molar-refractivity contribution in [3.05, 3.63) is 42.6 Å². The Hall–Kier alpha value is -1.79. The molecule has 0 saturated carbocycles. The molecule has 0 unspecified atom stereocenters. The van der Waals surface area contributed by atoms with E-state index in [1.54, 1.807) is 24.3 Å². The number of hydrogen-bond acceptors (Lipinski definition) is 4. The summed E-state index contributed by atoms with van der Waals surface area (Å²) in [5.74, 6) is -0.535. The summed E-state index contributed by atoms with van der Waals surface area (Å²) in [7, 11) is -1.19. The highest BCUT2D eigenvalue weighted by molar-refractivity contribution is 6.59. The molecule has 0 aliphatic rings. The molecule has 5 nitrogen and oxygen atoms in total.